The van der Waals surface area contributed by atoms with Gasteiger partial charge < -0.3 is 9.47 Å². The van der Waals surface area contributed by atoms with Crippen molar-refractivity contribution in [2.24, 2.45) is 0 Å². The van der Waals surface area contributed by atoms with Gasteiger partial charge in [0.15, 0.2) is 0 Å². The number of fused-ring (bicyclic) bond motifs is 3. The summed E-state index contributed by atoms with van der Waals surface area (Å²) >= 11 is 0. The molecule has 29 heavy (non-hydrogen) atoms. The standard InChI is InChI=1S/C22H16N2O5/c1-28-21(26)16-17(22(27)29-2)19(20(25)13-8-4-3-5-9-13)24-18(16)15-11-7-6-10-14(15)12-23-24/h3-12H,1-2H3. The fourth-order valence-electron chi connectivity index (χ4n) is 3.41. The highest BCUT2D eigenvalue weighted by Gasteiger charge is 2.34. The Labute approximate surface area is 165 Å². The smallest absolute Gasteiger partial charge is 0.341 e. The first-order valence-corrected chi connectivity index (χ1v) is 8.77. The minimum absolute atomic E-state index is 0.0517. The summed E-state index contributed by atoms with van der Waals surface area (Å²) in [5.74, 6) is -2.04. The molecule has 4 aromatic rings. The number of methoxy groups -OCH3 is 2. The van der Waals surface area contributed by atoms with Crippen LogP contribution in [0.15, 0.2) is 60.8 Å². The van der Waals surface area contributed by atoms with E-state index >= 15 is 0 Å². The molecule has 0 spiro atoms. The fraction of sp³-hybridized carbons (Fsp3) is 0.0909. The molecule has 0 amide bonds. The monoisotopic (exact) mass is 388 g/mol. The van der Waals surface area contributed by atoms with Gasteiger partial charge in [0.05, 0.1) is 25.9 Å². The number of nitrogens with zero attached hydrogens (tertiary/aromatic N) is 2. The van der Waals surface area contributed by atoms with E-state index in [1.807, 2.05) is 12.1 Å². The van der Waals surface area contributed by atoms with Gasteiger partial charge in [-0.25, -0.2) is 14.1 Å². The van der Waals surface area contributed by atoms with E-state index in [1.165, 1.54) is 18.7 Å². The van der Waals surface area contributed by atoms with Crippen molar-refractivity contribution in [2.45, 2.75) is 0 Å². The van der Waals surface area contributed by atoms with Gasteiger partial charge in [-0.15, -0.1) is 0 Å². The number of ketones is 1. The molecular formula is C22H16N2O5. The first kappa shape index (κ1) is 18.4. The first-order chi connectivity index (χ1) is 14.1. The molecule has 144 valence electrons. The van der Waals surface area contributed by atoms with E-state index in [-0.39, 0.29) is 16.8 Å². The third kappa shape index (κ3) is 2.84. The van der Waals surface area contributed by atoms with Gasteiger partial charge in [0.25, 0.3) is 0 Å². The second-order valence-electron chi connectivity index (χ2n) is 6.27. The Hall–Kier alpha value is -4.00. The molecule has 4 rings (SSSR count). The predicted octanol–water partition coefficient (Wildman–Crippen LogP) is 3.29. The largest absolute Gasteiger partial charge is 0.465 e. The van der Waals surface area contributed by atoms with Crippen LogP contribution in [0, 0.1) is 0 Å². The molecule has 0 aliphatic heterocycles. The Morgan fingerprint density at radius 3 is 2.14 bits per heavy atom. The van der Waals surface area contributed by atoms with Gasteiger partial charge in [0, 0.05) is 16.3 Å². The van der Waals surface area contributed by atoms with E-state index in [9.17, 15) is 14.4 Å². The number of esters is 2. The number of ether oxygens (including phenoxy) is 2. The van der Waals surface area contributed by atoms with E-state index < -0.39 is 17.7 Å². The maximum Gasteiger partial charge on any atom is 0.341 e. The van der Waals surface area contributed by atoms with Crippen LogP contribution < -0.4 is 0 Å². The number of carbonyl (C=O) groups excluding carboxylic acids is 3. The lowest BCUT2D eigenvalue weighted by molar-refractivity contribution is 0.0556. The summed E-state index contributed by atoms with van der Waals surface area (Å²) in [6.07, 6.45) is 1.58. The van der Waals surface area contributed by atoms with E-state index in [1.54, 1.807) is 48.7 Å². The highest BCUT2D eigenvalue weighted by Crippen LogP contribution is 2.31. The Morgan fingerprint density at radius 1 is 0.828 bits per heavy atom. The summed E-state index contributed by atoms with van der Waals surface area (Å²) in [6.45, 7) is 0. The van der Waals surface area contributed by atoms with Crippen molar-refractivity contribution in [3.63, 3.8) is 0 Å². The predicted molar refractivity (Wildman–Crippen MR) is 105 cm³/mol. The van der Waals surface area contributed by atoms with Crippen LogP contribution in [0.4, 0.5) is 0 Å². The normalized spacial score (nSPS) is 10.8. The number of rotatable bonds is 4. The number of hydrogen-bond donors (Lipinski definition) is 0. The quantitative estimate of drug-likeness (QED) is 0.394. The summed E-state index contributed by atoms with van der Waals surface area (Å²) in [7, 11) is 2.40. The molecule has 7 heteroatoms. The summed E-state index contributed by atoms with van der Waals surface area (Å²) in [6, 6.07) is 15.7. The fourth-order valence-corrected chi connectivity index (χ4v) is 3.41. The lowest BCUT2D eigenvalue weighted by Crippen LogP contribution is -2.15. The van der Waals surface area contributed by atoms with Crippen LogP contribution in [0.3, 0.4) is 0 Å². The van der Waals surface area contributed by atoms with Gasteiger partial charge in [0.2, 0.25) is 5.78 Å². The second kappa shape index (κ2) is 7.20. The average molecular weight is 388 g/mol. The average Bonchev–Trinajstić information content (AvgIpc) is 3.13. The van der Waals surface area contributed by atoms with Crippen LogP contribution >= 0.6 is 0 Å². The lowest BCUT2D eigenvalue weighted by Gasteiger charge is -2.05. The zero-order valence-corrected chi connectivity index (χ0v) is 15.7. The van der Waals surface area contributed by atoms with Crippen LogP contribution in [0.25, 0.3) is 16.3 Å². The van der Waals surface area contributed by atoms with E-state index in [2.05, 4.69) is 5.10 Å². The molecule has 2 aromatic heterocycles. The van der Waals surface area contributed by atoms with Gasteiger partial charge in [0.1, 0.15) is 16.8 Å². The molecule has 2 heterocycles. The molecular weight excluding hydrogens is 372 g/mol. The zero-order valence-electron chi connectivity index (χ0n) is 15.7. The number of hydrogen-bond acceptors (Lipinski definition) is 6. The summed E-state index contributed by atoms with van der Waals surface area (Å²) < 4.78 is 11.1. The van der Waals surface area contributed by atoms with Crippen molar-refractivity contribution < 1.29 is 23.9 Å². The summed E-state index contributed by atoms with van der Waals surface area (Å²) in [4.78, 5) is 38.7. The van der Waals surface area contributed by atoms with Crippen molar-refractivity contribution in [2.75, 3.05) is 14.2 Å². The van der Waals surface area contributed by atoms with Crippen LogP contribution in [0.5, 0.6) is 0 Å². The van der Waals surface area contributed by atoms with Gasteiger partial charge in [-0.1, -0.05) is 54.6 Å². The number of aromatic nitrogens is 2. The van der Waals surface area contributed by atoms with Crippen LogP contribution in [0.2, 0.25) is 0 Å². The summed E-state index contributed by atoms with van der Waals surface area (Å²) in [5, 5.41) is 5.75. The van der Waals surface area contributed by atoms with Crippen molar-refractivity contribution in [3.05, 3.63) is 83.2 Å². The minimum atomic E-state index is -0.820. The molecule has 0 fully saturated rings. The SMILES string of the molecule is COC(=O)c1c(C(=O)OC)c2c3ccccc3cnn2c1C(=O)c1ccccc1. The highest BCUT2D eigenvalue weighted by atomic mass is 16.5. The van der Waals surface area contributed by atoms with Crippen molar-refractivity contribution >= 4 is 34.0 Å². The van der Waals surface area contributed by atoms with E-state index in [4.69, 9.17) is 9.47 Å². The molecule has 0 atom stereocenters. The van der Waals surface area contributed by atoms with Crippen molar-refractivity contribution in [1.82, 2.24) is 9.61 Å². The number of benzene rings is 2. The maximum absolute atomic E-state index is 13.3. The van der Waals surface area contributed by atoms with E-state index in [0.717, 1.165) is 5.39 Å². The Kier molecular flexibility index (Phi) is 4.56. The molecule has 0 bridgehead atoms. The highest BCUT2D eigenvalue weighted by molar-refractivity contribution is 6.22. The molecule has 0 radical (unpaired) electrons. The van der Waals surface area contributed by atoms with Crippen molar-refractivity contribution in [1.29, 1.82) is 0 Å². The molecule has 7 nitrogen and oxygen atoms in total. The molecule has 0 saturated heterocycles. The van der Waals surface area contributed by atoms with Crippen LogP contribution in [-0.4, -0.2) is 41.6 Å². The van der Waals surface area contributed by atoms with E-state index in [0.29, 0.717) is 16.5 Å². The molecule has 0 saturated carbocycles. The topological polar surface area (TPSA) is 87.0 Å². The van der Waals surface area contributed by atoms with Gasteiger partial charge >= 0.3 is 11.9 Å². The minimum Gasteiger partial charge on any atom is -0.465 e. The lowest BCUT2D eigenvalue weighted by atomic mass is 10.0. The Bertz CT molecular complexity index is 1270. The Balaban J connectivity index is 2.20. The molecule has 0 aliphatic rings. The first-order valence-electron chi connectivity index (χ1n) is 8.77. The van der Waals surface area contributed by atoms with Crippen molar-refractivity contribution in [3.8, 4) is 0 Å². The van der Waals surface area contributed by atoms with Crippen LogP contribution in [-0.2, 0) is 9.47 Å². The third-order valence-corrected chi connectivity index (χ3v) is 4.71. The summed E-state index contributed by atoms with van der Waals surface area (Å²) in [5.41, 5.74) is 0.391. The zero-order chi connectivity index (χ0) is 20.5. The Morgan fingerprint density at radius 2 is 1.45 bits per heavy atom. The van der Waals surface area contributed by atoms with Crippen LogP contribution in [0.1, 0.15) is 36.8 Å². The molecule has 0 unspecified atom stereocenters. The molecule has 2 aromatic carbocycles. The van der Waals surface area contributed by atoms with Gasteiger partial charge in [-0.3, -0.25) is 4.79 Å². The number of carbonyl (C=O) groups is 3. The second-order valence-corrected chi connectivity index (χ2v) is 6.27. The van der Waals surface area contributed by atoms with Gasteiger partial charge in [-0.05, 0) is 0 Å². The molecule has 0 aliphatic carbocycles. The maximum atomic E-state index is 13.3. The third-order valence-electron chi connectivity index (χ3n) is 4.71. The molecule has 0 N–H and O–H groups in total. The van der Waals surface area contributed by atoms with Gasteiger partial charge in [-0.2, -0.15) is 5.10 Å².